The maximum Gasteiger partial charge on any atom is 0.0122 e. The molecule has 0 bridgehead atoms. The van der Waals surface area contributed by atoms with Gasteiger partial charge in [0, 0.05) is 4.83 Å². The van der Waals surface area contributed by atoms with Gasteiger partial charge < -0.3 is 0 Å². The maximum atomic E-state index is 3.67. The van der Waals surface area contributed by atoms with E-state index in [9.17, 15) is 0 Å². The van der Waals surface area contributed by atoms with Crippen LogP contribution in [0.5, 0.6) is 0 Å². The molecule has 0 amide bonds. The lowest BCUT2D eigenvalue weighted by atomic mass is 9.77. The Hall–Kier alpha value is 0.480. The summed E-state index contributed by atoms with van der Waals surface area (Å²) in [5.74, 6) is 0.936. The van der Waals surface area contributed by atoms with Crippen molar-refractivity contribution >= 4 is 15.9 Å². The lowest BCUT2D eigenvalue weighted by molar-refractivity contribution is 0.233. The average Bonchev–Trinajstić information content (AvgIpc) is 2.09. The van der Waals surface area contributed by atoms with Gasteiger partial charge in [-0.3, -0.25) is 0 Å². The Morgan fingerprint density at radius 3 is 2.13 bits per heavy atom. The van der Waals surface area contributed by atoms with Crippen LogP contribution in [0, 0.1) is 11.3 Å². The molecule has 2 unspecified atom stereocenters. The third kappa shape index (κ3) is 8.30. The summed E-state index contributed by atoms with van der Waals surface area (Å²) in [6.07, 6.45) is 8.19. The van der Waals surface area contributed by atoms with Crippen LogP contribution in [0.15, 0.2) is 0 Å². The standard InChI is InChI=1S/C14H29Br/c1-6-8-9-13(7-2)11-14(4,5)10-12(3)15/h12-13H,6-11H2,1-5H3. The first-order chi connectivity index (χ1) is 6.91. The van der Waals surface area contributed by atoms with Crippen molar-refractivity contribution in [3.05, 3.63) is 0 Å². The van der Waals surface area contributed by atoms with Crippen molar-refractivity contribution in [1.29, 1.82) is 0 Å². The second-order valence-corrected chi connectivity index (χ2v) is 7.33. The third-order valence-corrected chi connectivity index (χ3v) is 3.54. The van der Waals surface area contributed by atoms with E-state index < -0.39 is 0 Å². The molecule has 0 N–H and O–H groups in total. The Morgan fingerprint density at radius 2 is 1.73 bits per heavy atom. The second-order valence-electron chi connectivity index (χ2n) is 5.77. The number of alkyl halides is 1. The van der Waals surface area contributed by atoms with Crippen molar-refractivity contribution in [3.8, 4) is 0 Å². The summed E-state index contributed by atoms with van der Waals surface area (Å²) in [6, 6.07) is 0. The normalized spacial score (nSPS) is 16.4. The van der Waals surface area contributed by atoms with Crippen LogP contribution in [-0.4, -0.2) is 4.83 Å². The van der Waals surface area contributed by atoms with Gasteiger partial charge in [-0.25, -0.2) is 0 Å². The number of hydrogen-bond acceptors (Lipinski definition) is 0. The van der Waals surface area contributed by atoms with Crippen LogP contribution >= 0.6 is 15.9 Å². The number of unbranched alkanes of at least 4 members (excludes halogenated alkanes) is 1. The fourth-order valence-electron chi connectivity index (χ4n) is 2.57. The molecule has 1 heteroatoms. The van der Waals surface area contributed by atoms with E-state index in [1.165, 1.54) is 38.5 Å². The van der Waals surface area contributed by atoms with Gasteiger partial charge in [0.15, 0.2) is 0 Å². The Labute approximate surface area is 105 Å². The molecular formula is C14H29Br. The molecular weight excluding hydrogens is 248 g/mol. The van der Waals surface area contributed by atoms with Gasteiger partial charge in [-0.15, -0.1) is 0 Å². The van der Waals surface area contributed by atoms with E-state index in [2.05, 4.69) is 50.5 Å². The van der Waals surface area contributed by atoms with Crippen molar-refractivity contribution in [1.82, 2.24) is 0 Å². The molecule has 0 fully saturated rings. The van der Waals surface area contributed by atoms with Crippen LogP contribution in [0.1, 0.15) is 73.1 Å². The molecule has 0 aliphatic heterocycles. The highest BCUT2D eigenvalue weighted by molar-refractivity contribution is 9.09. The summed E-state index contributed by atoms with van der Waals surface area (Å²) >= 11 is 3.67. The van der Waals surface area contributed by atoms with Gasteiger partial charge in [0.25, 0.3) is 0 Å². The Kier molecular flexibility index (Phi) is 7.95. The van der Waals surface area contributed by atoms with Crippen LogP contribution in [0.3, 0.4) is 0 Å². The molecule has 0 saturated heterocycles. The molecule has 0 saturated carbocycles. The predicted molar refractivity (Wildman–Crippen MR) is 74.7 cm³/mol. The number of halogens is 1. The van der Waals surface area contributed by atoms with Gasteiger partial charge in [-0.2, -0.15) is 0 Å². The van der Waals surface area contributed by atoms with Crippen molar-refractivity contribution in [3.63, 3.8) is 0 Å². The van der Waals surface area contributed by atoms with E-state index in [0.29, 0.717) is 10.2 Å². The minimum absolute atomic E-state index is 0.497. The van der Waals surface area contributed by atoms with Gasteiger partial charge in [-0.05, 0) is 24.2 Å². The largest absolute Gasteiger partial charge is 0.0893 e. The van der Waals surface area contributed by atoms with Crippen molar-refractivity contribution < 1.29 is 0 Å². The van der Waals surface area contributed by atoms with Crippen LogP contribution < -0.4 is 0 Å². The number of rotatable bonds is 8. The molecule has 0 radical (unpaired) electrons. The first kappa shape index (κ1) is 15.5. The fraction of sp³-hybridized carbons (Fsp3) is 1.00. The SMILES string of the molecule is CCCCC(CC)CC(C)(C)CC(C)Br. The maximum absolute atomic E-state index is 3.67. The summed E-state index contributed by atoms with van der Waals surface area (Å²) < 4.78 is 0. The summed E-state index contributed by atoms with van der Waals surface area (Å²) in [7, 11) is 0. The summed E-state index contributed by atoms with van der Waals surface area (Å²) in [5, 5.41) is 0. The Morgan fingerprint density at radius 1 is 1.13 bits per heavy atom. The smallest absolute Gasteiger partial charge is 0.0122 e. The molecule has 0 spiro atoms. The van der Waals surface area contributed by atoms with Gasteiger partial charge in [0.2, 0.25) is 0 Å². The Balaban J connectivity index is 4.02. The highest BCUT2D eigenvalue weighted by Crippen LogP contribution is 2.35. The molecule has 15 heavy (non-hydrogen) atoms. The number of hydrogen-bond donors (Lipinski definition) is 0. The van der Waals surface area contributed by atoms with Crippen LogP contribution in [0.4, 0.5) is 0 Å². The zero-order valence-electron chi connectivity index (χ0n) is 11.3. The van der Waals surface area contributed by atoms with E-state index in [0.717, 1.165) is 5.92 Å². The molecule has 2 atom stereocenters. The zero-order valence-corrected chi connectivity index (χ0v) is 12.9. The van der Waals surface area contributed by atoms with Gasteiger partial charge in [0.05, 0.1) is 0 Å². The zero-order chi connectivity index (χ0) is 11.9. The highest BCUT2D eigenvalue weighted by Gasteiger charge is 2.23. The van der Waals surface area contributed by atoms with Gasteiger partial charge in [-0.1, -0.05) is 76.2 Å². The van der Waals surface area contributed by atoms with E-state index in [1.54, 1.807) is 0 Å². The fourth-order valence-corrected chi connectivity index (χ4v) is 3.45. The lowest BCUT2D eigenvalue weighted by Gasteiger charge is -2.30. The molecule has 0 rings (SSSR count). The summed E-state index contributed by atoms with van der Waals surface area (Å²) in [5.41, 5.74) is 0.497. The topological polar surface area (TPSA) is 0 Å². The predicted octanol–water partition coefficient (Wildman–Crippen LogP) is 5.79. The summed E-state index contributed by atoms with van der Waals surface area (Å²) in [6.45, 7) is 11.7. The molecule has 0 aliphatic carbocycles. The molecule has 0 aliphatic rings. The summed E-state index contributed by atoms with van der Waals surface area (Å²) in [4.78, 5) is 0.649. The minimum Gasteiger partial charge on any atom is -0.0893 e. The quantitative estimate of drug-likeness (QED) is 0.492. The van der Waals surface area contributed by atoms with Crippen LogP contribution in [-0.2, 0) is 0 Å². The van der Waals surface area contributed by atoms with Crippen LogP contribution in [0.25, 0.3) is 0 Å². The van der Waals surface area contributed by atoms with E-state index in [-0.39, 0.29) is 0 Å². The first-order valence-electron chi connectivity index (χ1n) is 6.55. The molecule has 0 aromatic carbocycles. The minimum atomic E-state index is 0.497. The van der Waals surface area contributed by atoms with E-state index >= 15 is 0 Å². The monoisotopic (exact) mass is 276 g/mol. The van der Waals surface area contributed by atoms with Crippen LogP contribution in [0.2, 0.25) is 0 Å². The van der Waals surface area contributed by atoms with Gasteiger partial charge >= 0.3 is 0 Å². The molecule has 0 aromatic heterocycles. The van der Waals surface area contributed by atoms with Crippen molar-refractivity contribution in [2.24, 2.45) is 11.3 Å². The molecule has 0 heterocycles. The van der Waals surface area contributed by atoms with Crippen molar-refractivity contribution in [2.75, 3.05) is 0 Å². The van der Waals surface area contributed by atoms with E-state index in [4.69, 9.17) is 0 Å². The molecule has 0 nitrogen and oxygen atoms in total. The van der Waals surface area contributed by atoms with E-state index in [1.807, 2.05) is 0 Å². The van der Waals surface area contributed by atoms with Crippen molar-refractivity contribution in [2.45, 2.75) is 78.0 Å². The molecule has 0 aromatic rings. The first-order valence-corrected chi connectivity index (χ1v) is 7.47. The lowest BCUT2D eigenvalue weighted by Crippen LogP contribution is -2.20. The highest BCUT2D eigenvalue weighted by atomic mass is 79.9. The second kappa shape index (κ2) is 7.70. The Bertz CT molecular complexity index is 149. The molecule has 92 valence electrons. The average molecular weight is 277 g/mol. The van der Waals surface area contributed by atoms with Gasteiger partial charge in [0.1, 0.15) is 0 Å². The third-order valence-electron chi connectivity index (χ3n) is 3.22.